The Morgan fingerprint density at radius 3 is 2.50 bits per heavy atom. The van der Waals surface area contributed by atoms with Crippen LogP contribution in [0.5, 0.6) is 0 Å². The minimum Gasteiger partial charge on any atom is -0.466 e. The molecule has 0 aliphatic heterocycles. The first-order valence-corrected chi connectivity index (χ1v) is 10.2. The van der Waals surface area contributed by atoms with Crippen LogP contribution in [0.25, 0.3) is 0 Å². The monoisotopic (exact) mass is 376 g/mol. The van der Waals surface area contributed by atoms with Crippen LogP contribution in [0.15, 0.2) is 54.7 Å². The number of carbonyl (C=O) groups excluding carboxylic acids is 1. The molecule has 0 aliphatic carbocycles. The van der Waals surface area contributed by atoms with Crippen molar-refractivity contribution < 1.29 is 17.9 Å². The Labute approximate surface area is 154 Å². The van der Waals surface area contributed by atoms with Crippen molar-refractivity contribution in [2.45, 2.75) is 26.3 Å². The first-order valence-electron chi connectivity index (χ1n) is 8.58. The number of aryl methyl sites for hydroxylation is 1. The number of hydrogen-bond donors (Lipinski definition) is 0. The summed E-state index contributed by atoms with van der Waals surface area (Å²) in [4.78, 5) is 15.8. The molecule has 0 bridgehead atoms. The maximum atomic E-state index is 12.8. The number of carbonyl (C=O) groups is 1. The predicted octanol–water partition coefficient (Wildman–Crippen LogP) is 2.41. The molecular formula is C19H24N2O4S. The number of pyridine rings is 1. The lowest BCUT2D eigenvalue weighted by atomic mass is 10.2. The van der Waals surface area contributed by atoms with Gasteiger partial charge >= 0.3 is 5.97 Å². The minimum atomic E-state index is -3.54. The van der Waals surface area contributed by atoms with Crippen molar-refractivity contribution in [3.05, 3.63) is 66.0 Å². The van der Waals surface area contributed by atoms with Crippen molar-refractivity contribution in [3.8, 4) is 0 Å². The number of benzene rings is 1. The summed E-state index contributed by atoms with van der Waals surface area (Å²) in [6.07, 6.45) is 2.00. The van der Waals surface area contributed by atoms with Gasteiger partial charge < -0.3 is 4.74 Å². The third kappa shape index (κ3) is 6.57. The lowest BCUT2D eigenvalue weighted by Crippen LogP contribution is -2.35. The van der Waals surface area contributed by atoms with Crippen LogP contribution >= 0.6 is 0 Å². The summed E-state index contributed by atoms with van der Waals surface area (Å²) in [5, 5.41) is 0. The van der Waals surface area contributed by atoms with Gasteiger partial charge in [-0.3, -0.25) is 9.78 Å². The first-order chi connectivity index (χ1) is 12.5. The molecule has 0 aliphatic rings. The van der Waals surface area contributed by atoms with E-state index < -0.39 is 16.0 Å². The lowest BCUT2D eigenvalue weighted by molar-refractivity contribution is -0.143. The van der Waals surface area contributed by atoms with E-state index in [2.05, 4.69) is 4.98 Å². The van der Waals surface area contributed by atoms with E-state index >= 15 is 0 Å². The smallest absolute Gasteiger partial charge is 0.307 e. The zero-order chi connectivity index (χ0) is 18.8. The number of aromatic nitrogens is 1. The van der Waals surface area contributed by atoms with Crippen LogP contribution in [0.3, 0.4) is 0 Å². The normalized spacial score (nSPS) is 11.5. The number of rotatable bonds is 10. The fourth-order valence-corrected chi connectivity index (χ4v) is 3.90. The number of nitrogens with zero attached hydrogens (tertiary/aromatic N) is 2. The van der Waals surface area contributed by atoms with Crippen molar-refractivity contribution in [1.82, 2.24) is 9.29 Å². The molecule has 6 nitrogen and oxygen atoms in total. The van der Waals surface area contributed by atoms with Crippen molar-refractivity contribution in [2.75, 3.05) is 18.9 Å². The largest absolute Gasteiger partial charge is 0.466 e. The summed E-state index contributed by atoms with van der Waals surface area (Å²) < 4.78 is 31.9. The van der Waals surface area contributed by atoms with Gasteiger partial charge in [0, 0.05) is 31.4 Å². The van der Waals surface area contributed by atoms with Gasteiger partial charge in [-0.05, 0) is 24.6 Å². The molecule has 26 heavy (non-hydrogen) atoms. The molecule has 2 rings (SSSR count). The van der Waals surface area contributed by atoms with Gasteiger partial charge in [0.1, 0.15) is 0 Å². The average Bonchev–Trinajstić information content (AvgIpc) is 2.65. The molecule has 1 aromatic heterocycles. The molecular weight excluding hydrogens is 352 g/mol. The Kier molecular flexibility index (Phi) is 7.74. The molecule has 0 radical (unpaired) electrons. The zero-order valence-corrected chi connectivity index (χ0v) is 15.7. The second kappa shape index (κ2) is 10.0. The Bertz CT molecular complexity index is 780. The number of hydrogen-bond acceptors (Lipinski definition) is 5. The van der Waals surface area contributed by atoms with Crippen molar-refractivity contribution in [3.63, 3.8) is 0 Å². The van der Waals surface area contributed by atoms with E-state index in [0.29, 0.717) is 6.42 Å². The van der Waals surface area contributed by atoms with E-state index in [-0.39, 0.29) is 31.9 Å². The van der Waals surface area contributed by atoms with Gasteiger partial charge in [0.15, 0.2) is 0 Å². The quantitative estimate of drug-likeness (QED) is 0.595. The standard InChI is InChI=1S/C19H24N2O4S/c1-2-25-19(22)11-14-21(16-17-8-4-3-5-9-17)26(23,24)15-12-18-10-6-7-13-20-18/h3-10,13H,2,11-12,14-16H2,1H3. The maximum absolute atomic E-state index is 12.8. The number of esters is 1. The summed E-state index contributed by atoms with van der Waals surface area (Å²) in [6, 6.07) is 14.8. The molecule has 0 N–H and O–H groups in total. The highest BCUT2D eigenvalue weighted by molar-refractivity contribution is 7.89. The van der Waals surface area contributed by atoms with Gasteiger partial charge in [0.25, 0.3) is 0 Å². The van der Waals surface area contributed by atoms with Crippen molar-refractivity contribution >= 4 is 16.0 Å². The third-order valence-electron chi connectivity index (χ3n) is 3.81. The molecule has 0 atom stereocenters. The van der Waals surface area contributed by atoms with Gasteiger partial charge in [0.05, 0.1) is 18.8 Å². The SMILES string of the molecule is CCOC(=O)CCN(Cc1ccccc1)S(=O)(=O)CCc1ccccn1. The Morgan fingerprint density at radius 2 is 1.85 bits per heavy atom. The summed E-state index contributed by atoms with van der Waals surface area (Å²) in [5.41, 5.74) is 1.60. The molecule has 0 amide bonds. The second-order valence-electron chi connectivity index (χ2n) is 5.76. The summed E-state index contributed by atoms with van der Waals surface area (Å²) >= 11 is 0. The fourth-order valence-electron chi connectivity index (χ4n) is 2.46. The van der Waals surface area contributed by atoms with Gasteiger partial charge in [-0.25, -0.2) is 8.42 Å². The third-order valence-corrected chi connectivity index (χ3v) is 5.63. The Balaban J connectivity index is 2.08. The van der Waals surface area contributed by atoms with Crippen LogP contribution in [0.2, 0.25) is 0 Å². The zero-order valence-electron chi connectivity index (χ0n) is 14.9. The molecule has 0 saturated heterocycles. The average molecular weight is 376 g/mol. The summed E-state index contributed by atoms with van der Waals surface area (Å²) in [5.74, 6) is -0.454. The molecule has 2 aromatic rings. The van der Waals surface area contributed by atoms with Crippen molar-refractivity contribution in [1.29, 1.82) is 0 Å². The van der Waals surface area contributed by atoms with Gasteiger partial charge in [-0.2, -0.15) is 4.31 Å². The predicted molar refractivity (Wildman–Crippen MR) is 99.8 cm³/mol. The van der Waals surface area contributed by atoms with Crippen LogP contribution in [0.4, 0.5) is 0 Å². The van der Waals surface area contributed by atoms with E-state index in [1.807, 2.05) is 36.4 Å². The number of ether oxygens (including phenoxy) is 1. The van der Waals surface area contributed by atoms with Gasteiger partial charge in [0.2, 0.25) is 10.0 Å². The molecule has 0 unspecified atom stereocenters. The summed E-state index contributed by atoms with van der Waals surface area (Å²) in [6.45, 7) is 2.33. The van der Waals surface area contributed by atoms with E-state index in [4.69, 9.17) is 4.74 Å². The van der Waals surface area contributed by atoms with E-state index in [9.17, 15) is 13.2 Å². The molecule has 0 saturated carbocycles. The Hall–Kier alpha value is -2.25. The highest BCUT2D eigenvalue weighted by Gasteiger charge is 2.23. The first kappa shape index (κ1) is 20.1. The molecule has 140 valence electrons. The van der Waals surface area contributed by atoms with Crippen LogP contribution < -0.4 is 0 Å². The van der Waals surface area contributed by atoms with Crippen LogP contribution in [-0.4, -0.2) is 42.6 Å². The molecule has 1 aromatic carbocycles. The second-order valence-corrected chi connectivity index (χ2v) is 7.85. The molecule has 1 heterocycles. The van der Waals surface area contributed by atoms with Crippen molar-refractivity contribution in [2.24, 2.45) is 0 Å². The summed E-state index contributed by atoms with van der Waals surface area (Å²) in [7, 11) is -3.54. The van der Waals surface area contributed by atoms with E-state index in [1.54, 1.807) is 25.3 Å². The van der Waals surface area contributed by atoms with Gasteiger partial charge in [-0.1, -0.05) is 36.4 Å². The Morgan fingerprint density at radius 1 is 1.12 bits per heavy atom. The highest BCUT2D eigenvalue weighted by Crippen LogP contribution is 2.12. The topological polar surface area (TPSA) is 76.6 Å². The van der Waals surface area contributed by atoms with Gasteiger partial charge in [-0.15, -0.1) is 0 Å². The van der Waals surface area contributed by atoms with Crippen LogP contribution in [0.1, 0.15) is 24.6 Å². The maximum Gasteiger partial charge on any atom is 0.307 e. The van der Waals surface area contributed by atoms with Crippen LogP contribution in [-0.2, 0) is 32.5 Å². The van der Waals surface area contributed by atoms with Crippen LogP contribution in [0, 0.1) is 0 Å². The minimum absolute atomic E-state index is 0.0312. The lowest BCUT2D eigenvalue weighted by Gasteiger charge is -2.22. The molecule has 0 fully saturated rings. The van der Waals surface area contributed by atoms with E-state index in [0.717, 1.165) is 11.3 Å². The molecule has 0 spiro atoms. The van der Waals surface area contributed by atoms with E-state index in [1.165, 1.54) is 4.31 Å². The number of sulfonamides is 1. The fraction of sp³-hybridized carbons (Fsp3) is 0.368. The highest BCUT2D eigenvalue weighted by atomic mass is 32.2. The molecule has 7 heteroatoms.